The van der Waals surface area contributed by atoms with Crippen molar-refractivity contribution in [1.29, 1.82) is 5.26 Å². The average Bonchev–Trinajstić information content (AvgIpc) is 3.45. The summed E-state index contributed by atoms with van der Waals surface area (Å²) >= 11 is 0. The van der Waals surface area contributed by atoms with Crippen LogP contribution in [0.15, 0.2) is 54.7 Å². The molecule has 0 amide bonds. The molecule has 11 heteroatoms. The van der Waals surface area contributed by atoms with Crippen LogP contribution < -0.4 is 20.7 Å². The Morgan fingerprint density at radius 3 is 2.66 bits per heavy atom. The smallest absolute Gasteiger partial charge is 0.309 e. The maximum absolute atomic E-state index is 11.7. The van der Waals surface area contributed by atoms with E-state index in [0.717, 1.165) is 24.1 Å². The molecule has 3 aromatic rings. The third-order valence-corrected chi connectivity index (χ3v) is 8.13. The Morgan fingerprint density at radius 1 is 1.15 bits per heavy atom. The number of aliphatic imine (C=N–C) groups is 1. The molecule has 1 saturated carbocycles. The number of aromatic nitrogens is 3. The maximum atomic E-state index is 11.7. The molecule has 1 aromatic carbocycles. The van der Waals surface area contributed by atoms with Crippen LogP contribution in [0.1, 0.15) is 56.5 Å². The standard InChI is InChI=1S/C30H34N8O3/c1-19(32-15-21-5-6-25-23(13-21)36-26(16-41-25)34-18-31)22-14-24(38-27(37-22)7-12-35-38)20(2)33-17-29(3)8-10-30(4,11-9-29)28(39)40/h5-7,12-14,32-33H,1-2,8-11,15-17H2,3-4H3,(H,34,36)(H,39,40). The molecule has 5 rings (SSSR count). The van der Waals surface area contributed by atoms with E-state index < -0.39 is 11.4 Å². The molecule has 11 nitrogen and oxygen atoms in total. The van der Waals surface area contributed by atoms with Gasteiger partial charge in [-0.05, 0) is 61.8 Å². The molecule has 0 atom stereocenters. The fraction of sp³-hybridized carbons (Fsp3) is 0.367. The Hall–Kier alpha value is -4.85. The Labute approximate surface area is 238 Å². The molecule has 1 aliphatic carbocycles. The van der Waals surface area contributed by atoms with Crippen LogP contribution >= 0.6 is 0 Å². The lowest BCUT2D eigenvalue weighted by atomic mass is 9.65. The number of nitriles is 1. The summed E-state index contributed by atoms with van der Waals surface area (Å²) in [5, 5.41) is 32.2. The van der Waals surface area contributed by atoms with E-state index >= 15 is 0 Å². The van der Waals surface area contributed by atoms with Crippen LogP contribution in [0.25, 0.3) is 17.0 Å². The van der Waals surface area contributed by atoms with Gasteiger partial charge in [-0.25, -0.2) is 14.5 Å². The first-order chi connectivity index (χ1) is 19.6. The highest BCUT2D eigenvalue weighted by Crippen LogP contribution is 2.45. The van der Waals surface area contributed by atoms with E-state index in [1.54, 1.807) is 10.7 Å². The summed E-state index contributed by atoms with van der Waals surface area (Å²) < 4.78 is 7.39. The number of ether oxygens (including phenoxy) is 1. The summed E-state index contributed by atoms with van der Waals surface area (Å²) in [6.07, 6.45) is 6.52. The average molecular weight is 555 g/mol. The second kappa shape index (κ2) is 11.0. The number of fused-ring (bicyclic) bond motifs is 2. The van der Waals surface area contributed by atoms with Gasteiger partial charge < -0.3 is 20.5 Å². The van der Waals surface area contributed by atoms with Gasteiger partial charge in [-0.2, -0.15) is 10.4 Å². The molecule has 4 N–H and O–H groups in total. The molecular weight excluding hydrogens is 520 g/mol. The van der Waals surface area contributed by atoms with Gasteiger partial charge in [-0.1, -0.05) is 26.1 Å². The summed E-state index contributed by atoms with van der Waals surface area (Å²) in [5.74, 6) is 0.412. The first kappa shape index (κ1) is 27.7. The van der Waals surface area contributed by atoms with Crippen molar-refractivity contribution in [3.63, 3.8) is 0 Å². The molecule has 3 heterocycles. The number of carboxylic acids is 1. The van der Waals surface area contributed by atoms with Gasteiger partial charge in [-0.15, -0.1) is 0 Å². The molecule has 0 bridgehead atoms. The molecular formula is C30H34N8O3. The number of hydrogen-bond donors (Lipinski definition) is 4. The minimum Gasteiger partial charge on any atom is -0.483 e. The second-order valence-corrected chi connectivity index (χ2v) is 11.4. The first-order valence-electron chi connectivity index (χ1n) is 13.5. The lowest BCUT2D eigenvalue weighted by molar-refractivity contribution is -0.151. The zero-order chi connectivity index (χ0) is 29.2. The number of amidine groups is 1. The molecule has 0 unspecified atom stereocenters. The first-order valence-corrected chi connectivity index (χ1v) is 13.5. The number of nitrogens with one attached hydrogen (secondary N) is 3. The summed E-state index contributed by atoms with van der Waals surface area (Å²) in [7, 11) is 0. The number of rotatable bonds is 9. The van der Waals surface area contributed by atoms with Gasteiger partial charge in [0.15, 0.2) is 17.7 Å². The highest BCUT2D eigenvalue weighted by molar-refractivity contribution is 5.89. The Balaban J connectivity index is 1.26. The zero-order valence-electron chi connectivity index (χ0n) is 23.3. The molecule has 0 saturated heterocycles. The molecule has 1 fully saturated rings. The SMILES string of the molecule is C=C(NCc1ccc2c(c1)N=C(NC#N)CO2)c1cc(C(=C)NCC2(C)CCC(C)(C(=O)O)CC2)n2nccc2n1. The second-order valence-electron chi connectivity index (χ2n) is 11.4. The number of benzene rings is 1. The predicted octanol–water partition coefficient (Wildman–Crippen LogP) is 4.21. The summed E-state index contributed by atoms with van der Waals surface area (Å²) in [6, 6.07) is 9.45. The Kier molecular flexibility index (Phi) is 7.41. The molecule has 2 aliphatic rings. The van der Waals surface area contributed by atoms with Crippen LogP contribution in [0, 0.1) is 22.3 Å². The van der Waals surface area contributed by atoms with Crippen molar-refractivity contribution in [1.82, 2.24) is 30.5 Å². The van der Waals surface area contributed by atoms with Gasteiger partial charge in [0.25, 0.3) is 0 Å². The van der Waals surface area contributed by atoms with Crippen LogP contribution in [0.4, 0.5) is 5.69 Å². The van der Waals surface area contributed by atoms with Gasteiger partial charge >= 0.3 is 5.97 Å². The number of aliphatic carboxylic acids is 1. The van der Waals surface area contributed by atoms with E-state index in [2.05, 4.69) is 46.1 Å². The van der Waals surface area contributed by atoms with Crippen molar-refractivity contribution in [2.45, 2.75) is 46.1 Å². The molecule has 2 aromatic heterocycles. The van der Waals surface area contributed by atoms with E-state index in [4.69, 9.17) is 15.0 Å². The van der Waals surface area contributed by atoms with E-state index in [1.807, 2.05) is 43.4 Å². The quantitative estimate of drug-likeness (QED) is 0.225. The van der Waals surface area contributed by atoms with Crippen molar-refractivity contribution < 1.29 is 14.6 Å². The molecule has 0 spiro atoms. The topological polar surface area (TPSA) is 149 Å². The molecule has 212 valence electrons. The zero-order valence-corrected chi connectivity index (χ0v) is 23.3. The fourth-order valence-electron chi connectivity index (χ4n) is 5.12. The van der Waals surface area contributed by atoms with Gasteiger partial charge in [0.2, 0.25) is 0 Å². The van der Waals surface area contributed by atoms with Crippen molar-refractivity contribution in [2.75, 3.05) is 13.2 Å². The van der Waals surface area contributed by atoms with Gasteiger partial charge in [-0.3, -0.25) is 10.1 Å². The van der Waals surface area contributed by atoms with Gasteiger partial charge in [0.05, 0.1) is 34.4 Å². The Morgan fingerprint density at radius 2 is 1.93 bits per heavy atom. The van der Waals surface area contributed by atoms with Crippen LogP contribution in [-0.4, -0.2) is 44.7 Å². The van der Waals surface area contributed by atoms with Crippen molar-refractivity contribution >= 4 is 34.5 Å². The number of nitrogens with zero attached hydrogens (tertiary/aromatic N) is 5. The van der Waals surface area contributed by atoms with Crippen LogP contribution in [0.5, 0.6) is 5.75 Å². The van der Waals surface area contributed by atoms with Crippen molar-refractivity contribution in [3.05, 3.63) is 66.6 Å². The monoisotopic (exact) mass is 554 g/mol. The Bertz CT molecular complexity index is 1590. The van der Waals surface area contributed by atoms with Gasteiger partial charge in [0, 0.05) is 19.2 Å². The summed E-state index contributed by atoms with van der Waals surface area (Å²) in [6.45, 7) is 13.9. The fourth-order valence-corrected chi connectivity index (χ4v) is 5.12. The minimum absolute atomic E-state index is 0.0302. The molecule has 0 radical (unpaired) electrons. The highest BCUT2D eigenvalue weighted by atomic mass is 16.5. The number of hydrogen-bond acceptors (Lipinski definition) is 9. The van der Waals surface area contributed by atoms with Crippen molar-refractivity contribution in [3.8, 4) is 11.9 Å². The minimum atomic E-state index is -0.715. The van der Waals surface area contributed by atoms with Crippen molar-refractivity contribution in [2.24, 2.45) is 15.8 Å². The van der Waals surface area contributed by atoms with Gasteiger partial charge in [0.1, 0.15) is 18.0 Å². The predicted molar refractivity (Wildman–Crippen MR) is 156 cm³/mol. The molecule has 1 aliphatic heterocycles. The third kappa shape index (κ3) is 5.87. The highest BCUT2D eigenvalue weighted by Gasteiger charge is 2.42. The largest absolute Gasteiger partial charge is 0.483 e. The maximum Gasteiger partial charge on any atom is 0.309 e. The van der Waals surface area contributed by atoms with Crippen LogP contribution in [0.3, 0.4) is 0 Å². The normalized spacial score (nSPS) is 21.5. The lowest BCUT2D eigenvalue weighted by Crippen LogP contribution is -2.40. The van der Waals surface area contributed by atoms with E-state index in [9.17, 15) is 9.90 Å². The number of carboxylic acid groups (broad SMARTS) is 1. The lowest BCUT2D eigenvalue weighted by Gasteiger charge is -2.41. The van der Waals surface area contributed by atoms with E-state index in [-0.39, 0.29) is 12.0 Å². The number of carbonyl (C=O) groups is 1. The van der Waals surface area contributed by atoms with Crippen LogP contribution in [-0.2, 0) is 11.3 Å². The van der Waals surface area contributed by atoms with E-state index in [0.29, 0.717) is 65.9 Å². The molecule has 41 heavy (non-hydrogen) atoms. The third-order valence-electron chi connectivity index (χ3n) is 8.13. The van der Waals surface area contributed by atoms with E-state index in [1.165, 1.54) is 0 Å². The summed E-state index contributed by atoms with van der Waals surface area (Å²) in [5.41, 5.74) is 4.38. The summed E-state index contributed by atoms with van der Waals surface area (Å²) in [4.78, 5) is 20.8. The van der Waals surface area contributed by atoms with Crippen LogP contribution in [0.2, 0.25) is 0 Å².